The van der Waals surface area contributed by atoms with Gasteiger partial charge in [0.05, 0.1) is 0 Å². The van der Waals surface area contributed by atoms with Crippen molar-refractivity contribution < 1.29 is 5.21 Å². The normalized spacial score (nSPS) is 12.0. The van der Waals surface area contributed by atoms with Crippen molar-refractivity contribution in [3.05, 3.63) is 0 Å². The van der Waals surface area contributed by atoms with E-state index in [9.17, 15) is 0 Å². The van der Waals surface area contributed by atoms with Gasteiger partial charge < -0.3 is 5.21 Å². The monoisotopic (exact) mass is 92.1 g/mol. The Morgan fingerprint density at radius 1 is 1.33 bits per heavy atom. The van der Waals surface area contributed by atoms with Gasteiger partial charge in [-0.25, -0.2) is 0 Å². The van der Waals surface area contributed by atoms with Gasteiger partial charge in [-0.2, -0.15) is 5.48 Å². The second kappa shape index (κ2) is 1.50. The minimum Gasteiger partial charge on any atom is -0.313 e. The molecule has 38 valence electrons. The lowest BCUT2D eigenvalue weighted by atomic mass is 10.8. The van der Waals surface area contributed by atoms with E-state index in [0.717, 1.165) is 0 Å². The molecule has 0 aliphatic heterocycles. The quantitative estimate of drug-likeness (QED) is 0.181. The van der Waals surface area contributed by atoms with Crippen molar-refractivity contribution in [3.8, 4) is 0 Å². The number of hydrogen-bond acceptors (Lipinski definition) is 5. The van der Waals surface area contributed by atoms with E-state index in [1.165, 1.54) is 5.48 Å². The largest absolute Gasteiger partial charge is 0.313 e. The van der Waals surface area contributed by atoms with E-state index in [0.29, 0.717) is 0 Å². The fourth-order valence-corrected chi connectivity index (χ4v) is 0. The van der Waals surface area contributed by atoms with Gasteiger partial charge in [-0.15, -0.1) is 0 Å². The molecule has 0 heterocycles. The lowest BCUT2D eigenvalue weighted by molar-refractivity contribution is 0.0713. The van der Waals surface area contributed by atoms with Crippen LogP contribution >= 0.6 is 0 Å². The van der Waals surface area contributed by atoms with Crippen LogP contribution in [-0.4, -0.2) is 11.1 Å². The molecule has 0 radical (unpaired) electrons. The summed E-state index contributed by atoms with van der Waals surface area (Å²) < 4.78 is 0. The first-order valence-corrected chi connectivity index (χ1v) is 1.34. The molecule has 5 heteroatoms. The molecule has 8 N–H and O–H groups in total. The first-order chi connectivity index (χ1) is 2.56. The van der Waals surface area contributed by atoms with Crippen molar-refractivity contribution in [3.63, 3.8) is 0 Å². The Kier molecular flexibility index (Phi) is 1.45. The summed E-state index contributed by atoms with van der Waals surface area (Å²) in [6.45, 7) is 0. The van der Waals surface area contributed by atoms with Crippen molar-refractivity contribution in [2.24, 2.45) is 17.2 Å². The van der Waals surface area contributed by atoms with Crippen LogP contribution in [0.25, 0.3) is 0 Å². The molecular formula is CH8N4O. The van der Waals surface area contributed by atoms with Crippen molar-refractivity contribution in [2.75, 3.05) is 0 Å². The standard InChI is InChI=1S/CH8N4O/c2-1(3,4)5-6/h5-6H,2-4H2. The van der Waals surface area contributed by atoms with Crippen LogP contribution in [0.4, 0.5) is 0 Å². The van der Waals surface area contributed by atoms with Crippen LogP contribution in [0.2, 0.25) is 0 Å². The van der Waals surface area contributed by atoms with Crippen LogP contribution in [0.1, 0.15) is 0 Å². The number of hydroxylamine groups is 1. The van der Waals surface area contributed by atoms with Crippen molar-refractivity contribution in [1.29, 1.82) is 0 Å². The van der Waals surface area contributed by atoms with Gasteiger partial charge in [0.25, 0.3) is 0 Å². The second-order valence-corrected chi connectivity index (χ2v) is 1.04. The zero-order valence-corrected chi connectivity index (χ0v) is 3.18. The van der Waals surface area contributed by atoms with Crippen LogP contribution in [-0.2, 0) is 0 Å². The summed E-state index contributed by atoms with van der Waals surface area (Å²) in [6, 6.07) is 0. The highest BCUT2D eigenvalue weighted by Crippen LogP contribution is 1.55. The van der Waals surface area contributed by atoms with Gasteiger partial charge in [-0.1, -0.05) is 0 Å². The van der Waals surface area contributed by atoms with Crippen LogP contribution in [0.15, 0.2) is 0 Å². The predicted molar refractivity (Wildman–Crippen MR) is 20.2 cm³/mol. The average molecular weight is 92.1 g/mol. The Balaban J connectivity index is 3.17. The molecule has 0 saturated carbocycles. The van der Waals surface area contributed by atoms with Gasteiger partial charge >= 0.3 is 0 Å². The van der Waals surface area contributed by atoms with Crippen LogP contribution in [0, 0.1) is 0 Å². The van der Waals surface area contributed by atoms with Crippen molar-refractivity contribution in [1.82, 2.24) is 5.48 Å². The number of rotatable bonds is 1. The Morgan fingerprint density at radius 3 is 1.50 bits per heavy atom. The third-order valence-electron chi connectivity index (χ3n) is 0.194. The number of nitrogens with two attached hydrogens (primary N) is 3. The van der Waals surface area contributed by atoms with Crippen LogP contribution in [0.5, 0.6) is 0 Å². The molecule has 0 aromatic carbocycles. The lowest BCUT2D eigenvalue weighted by Crippen LogP contribution is -2.67. The molecule has 0 saturated heterocycles. The topological polar surface area (TPSA) is 110 Å². The van der Waals surface area contributed by atoms with Crippen LogP contribution in [0.3, 0.4) is 0 Å². The second-order valence-electron chi connectivity index (χ2n) is 1.04. The first kappa shape index (κ1) is 5.80. The SMILES string of the molecule is NC(N)(N)NO. The highest BCUT2D eigenvalue weighted by atomic mass is 16.5. The fraction of sp³-hybridized carbons (Fsp3) is 1.00. The Bertz CT molecular complexity index is 37.3. The molecule has 0 rings (SSSR count). The van der Waals surface area contributed by atoms with E-state index in [4.69, 9.17) is 22.4 Å². The molecule has 0 aliphatic rings. The molecule has 5 nitrogen and oxygen atoms in total. The minimum absolute atomic E-state index is 1.44. The van der Waals surface area contributed by atoms with E-state index in [1.807, 2.05) is 0 Å². The summed E-state index contributed by atoms with van der Waals surface area (Å²) in [5.41, 5.74) is 15.6. The van der Waals surface area contributed by atoms with E-state index < -0.39 is 5.91 Å². The highest BCUT2D eigenvalue weighted by Gasteiger charge is 2.05. The predicted octanol–water partition coefficient (Wildman–Crippen LogP) is -2.55. The van der Waals surface area contributed by atoms with Gasteiger partial charge in [0.2, 0.25) is 0 Å². The molecular weight excluding hydrogens is 84.0 g/mol. The molecule has 0 atom stereocenters. The molecule has 0 spiro atoms. The Hall–Kier alpha value is -0.200. The van der Waals surface area contributed by atoms with Gasteiger partial charge in [0, 0.05) is 0 Å². The third kappa shape index (κ3) is 3.80. The van der Waals surface area contributed by atoms with E-state index >= 15 is 0 Å². The third-order valence-corrected chi connectivity index (χ3v) is 0.194. The molecule has 0 bridgehead atoms. The zero-order chi connectivity index (χ0) is 5.21. The van der Waals surface area contributed by atoms with Crippen LogP contribution < -0.4 is 22.7 Å². The maximum Gasteiger partial charge on any atom is 0.195 e. The van der Waals surface area contributed by atoms with E-state index in [1.54, 1.807) is 0 Å². The van der Waals surface area contributed by atoms with Crippen molar-refractivity contribution in [2.45, 2.75) is 5.91 Å². The van der Waals surface area contributed by atoms with Gasteiger partial charge in [0.15, 0.2) is 5.91 Å². The maximum atomic E-state index is 7.78. The zero-order valence-electron chi connectivity index (χ0n) is 3.18. The van der Waals surface area contributed by atoms with Gasteiger partial charge in [0.1, 0.15) is 0 Å². The first-order valence-electron chi connectivity index (χ1n) is 1.34. The van der Waals surface area contributed by atoms with E-state index in [2.05, 4.69) is 0 Å². The summed E-state index contributed by atoms with van der Waals surface area (Å²) in [4.78, 5) is 0. The maximum absolute atomic E-state index is 7.78. The van der Waals surface area contributed by atoms with Crippen molar-refractivity contribution >= 4 is 0 Å². The summed E-state index contributed by atoms with van der Waals surface area (Å²) in [5.74, 6) is -1.65. The molecule has 0 amide bonds. The Labute approximate surface area is 35.1 Å². The number of nitrogens with one attached hydrogen (secondary N) is 1. The van der Waals surface area contributed by atoms with Gasteiger partial charge in [-0.05, 0) is 0 Å². The minimum atomic E-state index is -1.65. The molecule has 0 unspecified atom stereocenters. The van der Waals surface area contributed by atoms with Gasteiger partial charge in [-0.3, -0.25) is 17.2 Å². The summed E-state index contributed by atoms with van der Waals surface area (Å²) in [6.07, 6.45) is 0. The van der Waals surface area contributed by atoms with E-state index in [-0.39, 0.29) is 0 Å². The summed E-state index contributed by atoms with van der Waals surface area (Å²) in [5, 5.41) is 7.78. The molecule has 0 fully saturated rings. The average Bonchev–Trinajstić information content (AvgIpc) is 1.35. The lowest BCUT2D eigenvalue weighted by Gasteiger charge is -2.13. The highest BCUT2D eigenvalue weighted by molar-refractivity contribution is 4.53. The summed E-state index contributed by atoms with van der Waals surface area (Å²) >= 11 is 0. The molecule has 0 aromatic rings. The molecule has 0 aromatic heterocycles. The number of hydrogen-bond donors (Lipinski definition) is 5. The fourth-order valence-electron chi connectivity index (χ4n) is 0. The summed E-state index contributed by atoms with van der Waals surface area (Å²) in [7, 11) is 0. The smallest absolute Gasteiger partial charge is 0.195 e. The molecule has 0 aliphatic carbocycles. The Morgan fingerprint density at radius 2 is 1.50 bits per heavy atom. The molecule has 6 heavy (non-hydrogen) atoms.